The number of aliphatic carboxylic acids is 1. The highest BCUT2D eigenvalue weighted by Gasteiger charge is 2.31. The Morgan fingerprint density at radius 3 is 1.19 bits per heavy atom. The van der Waals surface area contributed by atoms with Gasteiger partial charge < -0.3 is 23.8 Å². The van der Waals surface area contributed by atoms with Gasteiger partial charge in [-0.25, -0.2) is 4.79 Å². The van der Waals surface area contributed by atoms with Crippen molar-refractivity contribution in [1.82, 2.24) is 0 Å². The van der Waals surface area contributed by atoms with E-state index in [1.54, 1.807) is 0 Å². The molecule has 0 bridgehead atoms. The smallest absolute Gasteiger partial charge is 0.362 e. The summed E-state index contributed by atoms with van der Waals surface area (Å²) in [4.78, 5) is 36.9. The Balaban J connectivity index is 4.30. The summed E-state index contributed by atoms with van der Waals surface area (Å²) in [5.74, 6) is -1.45. The molecule has 0 aromatic rings. The normalized spacial score (nSPS) is 12.9. The predicted molar refractivity (Wildman–Crippen MR) is 216 cm³/mol. The number of quaternary nitrogens is 1. The van der Waals surface area contributed by atoms with Gasteiger partial charge >= 0.3 is 17.9 Å². The van der Waals surface area contributed by atoms with Gasteiger partial charge in [0.2, 0.25) is 0 Å². The molecule has 0 aliphatic heterocycles. The number of nitrogens with zero attached hydrogens (tertiary/aromatic N) is 1. The highest BCUT2D eigenvalue weighted by molar-refractivity contribution is 5.72. The lowest BCUT2D eigenvalue weighted by Gasteiger charge is -2.31. The molecule has 2 unspecified atom stereocenters. The maximum atomic E-state index is 12.7. The minimum Gasteiger partial charge on any atom is -0.477 e. The molecule has 0 aromatic heterocycles. The molecule has 0 aromatic carbocycles. The molecule has 0 fully saturated rings. The SMILES string of the molecule is CCCCCCCCCCCCCCCCCC(=O)OC(COCCC(C(=O)O)[N+](C)(C)C)COC(=O)CCCCCCCCCCCCCCC. The molecule has 2 atom stereocenters. The number of carboxylic acids is 1. The summed E-state index contributed by atoms with van der Waals surface area (Å²) in [6.45, 7) is 4.77. The van der Waals surface area contributed by atoms with E-state index in [0.717, 1.165) is 38.5 Å². The molecule has 0 heterocycles. The zero-order valence-corrected chi connectivity index (χ0v) is 35.0. The van der Waals surface area contributed by atoms with Gasteiger partial charge in [-0.05, 0) is 12.8 Å². The first-order chi connectivity index (χ1) is 25.1. The predicted octanol–water partition coefficient (Wildman–Crippen LogP) is 11.8. The first kappa shape index (κ1) is 50.3. The molecular formula is C44H86NO7+. The Labute approximate surface area is 321 Å². The second kappa shape index (κ2) is 36.3. The average molecular weight is 741 g/mol. The summed E-state index contributed by atoms with van der Waals surface area (Å²) < 4.78 is 17.3. The Bertz CT molecular complexity index is 828. The van der Waals surface area contributed by atoms with Gasteiger partial charge in [0.1, 0.15) is 6.61 Å². The van der Waals surface area contributed by atoms with Gasteiger partial charge in [0.25, 0.3) is 0 Å². The fourth-order valence-corrected chi connectivity index (χ4v) is 6.80. The summed E-state index contributed by atoms with van der Waals surface area (Å²) in [5, 5.41) is 9.61. The van der Waals surface area contributed by atoms with Crippen LogP contribution in [0.4, 0.5) is 0 Å². The Hall–Kier alpha value is -1.67. The summed E-state index contributed by atoms with van der Waals surface area (Å²) >= 11 is 0. The monoisotopic (exact) mass is 741 g/mol. The second-order valence-corrected chi connectivity index (χ2v) is 16.3. The van der Waals surface area contributed by atoms with E-state index in [9.17, 15) is 19.5 Å². The minimum absolute atomic E-state index is 0.0421. The molecule has 52 heavy (non-hydrogen) atoms. The zero-order valence-electron chi connectivity index (χ0n) is 35.0. The van der Waals surface area contributed by atoms with Crippen LogP contribution in [-0.2, 0) is 28.6 Å². The van der Waals surface area contributed by atoms with Crippen LogP contribution in [0.5, 0.6) is 0 Å². The van der Waals surface area contributed by atoms with Crippen LogP contribution in [0.2, 0.25) is 0 Å². The van der Waals surface area contributed by atoms with Crippen molar-refractivity contribution >= 4 is 17.9 Å². The molecule has 0 rings (SSSR count). The molecule has 0 saturated heterocycles. The fourth-order valence-electron chi connectivity index (χ4n) is 6.80. The van der Waals surface area contributed by atoms with Gasteiger partial charge in [0.15, 0.2) is 12.1 Å². The highest BCUT2D eigenvalue weighted by Crippen LogP contribution is 2.16. The van der Waals surface area contributed by atoms with E-state index in [-0.39, 0.29) is 36.2 Å². The number of carbonyl (C=O) groups is 3. The number of unbranched alkanes of at least 4 members (excludes halogenated alkanes) is 26. The number of rotatable bonds is 40. The third kappa shape index (κ3) is 34.1. The number of likely N-dealkylation sites (N-methyl/N-ethyl adjacent to an activating group) is 1. The third-order valence-corrected chi connectivity index (χ3v) is 10.3. The Morgan fingerprint density at radius 1 is 0.500 bits per heavy atom. The number of esters is 2. The van der Waals surface area contributed by atoms with Crippen molar-refractivity contribution in [1.29, 1.82) is 0 Å². The van der Waals surface area contributed by atoms with Crippen LogP contribution in [0.15, 0.2) is 0 Å². The van der Waals surface area contributed by atoms with E-state index in [2.05, 4.69) is 13.8 Å². The molecule has 0 spiro atoms. The zero-order chi connectivity index (χ0) is 38.5. The van der Waals surface area contributed by atoms with Gasteiger partial charge in [0, 0.05) is 19.3 Å². The molecule has 308 valence electrons. The van der Waals surface area contributed by atoms with E-state index in [1.165, 1.54) is 141 Å². The quantitative estimate of drug-likeness (QED) is 0.0379. The van der Waals surface area contributed by atoms with Crippen LogP contribution < -0.4 is 0 Å². The van der Waals surface area contributed by atoms with Gasteiger partial charge in [-0.15, -0.1) is 0 Å². The van der Waals surface area contributed by atoms with E-state index in [4.69, 9.17) is 14.2 Å². The fraction of sp³-hybridized carbons (Fsp3) is 0.932. The van der Waals surface area contributed by atoms with Crippen molar-refractivity contribution < 1.29 is 38.2 Å². The number of carboxylic acid groups (broad SMARTS) is 1. The Kier molecular flexibility index (Phi) is 35.1. The minimum atomic E-state index is -0.871. The maximum absolute atomic E-state index is 12.7. The van der Waals surface area contributed by atoms with Crippen LogP contribution in [0, 0.1) is 0 Å². The number of hydrogen-bond acceptors (Lipinski definition) is 6. The first-order valence-corrected chi connectivity index (χ1v) is 22.1. The molecule has 0 aliphatic carbocycles. The van der Waals surface area contributed by atoms with Crippen molar-refractivity contribution in [3.05, 3.63) is 0 Å². The molecule has 1 N–H and O–H groups in total. The summed E-state index contributed by atoms with van der Waals surface area (Å²) in [5.41, 5.74) is 0. The molecule has 8 heteroatoms. The third-order valence-electron chi connectivity index (χ3n) is 10.3. The van der Waals surface area contributed by atoms with Crippen LogP contribution in [0.25, 0.3) is 0 Å². The van der Waals surface area contributed by atoms with Gasteiger partial charge in [-0.2, -0.15) is 0 Å². The van der Waals surface area contributed by atoms with Gasteiger partial charge in [-0.1, -0.05) is 181 Å². The number of ether oxygens (including phenoxy) is 3. The lowest BCUT2D eigenvalue weighted by molar-refractivity contribution is -0.887. The summed E-state index contributed by atoms with van der Waals surface area (Å²) in [6, 6.07) is -0.607. The van der Waals surface area contributed by atoms with Gasteiger partial charge in [-0.3, -0.25) is 9.59 Å². The summed E-state index contributed by atoms with van der Waals surface area (Å²) in [6.07, 6.45) is 35.6. The van der Waals surface area contributed by atoms with Crippen molar-refractivity contribution in [2.45, 2.75) is 225 Å². The van der Waals surface area contributed by atoms with E-state index in [1.807, 2.05) is 21.1 Å². The van der Waals surface area contributed by atoms with Crippen LogP contribution in [0.3, 0.4) is 0 Å². The highest BCUT2D eigenvalue weighted by atomic mass is 16.6. The van der Waals surface area contributed by atoms with Crippen LogP contribution >= 0.6 is 0 Å². The Morgan fingerprint density at radius 2 is 0.846 bits per heavy atom. The average Bonchev–Trinajstić information content (AvgIpc) is 3.09. The van der Waals surface area contributed by atoms with Crippen LogP contribution in [-0.4, -0.2) is 80.6 Å². The maximum Gasteiger partial charge on any atom is 0.362 e. The topological polar surface area (TPSA) is 99.1 Å². The van der Waals surface area contributed by atoms with E-state index < -0.39 is 18.1 Å². The van der Waals surface area contributed by atoms with Gasteiger partial charge in [0.05, 0.1) is 34.4 Å². The molecule has 0 saturated carbocycles. The van der Waals surface area contributed by atoms with E-state index >= 15 is 0 Å². The molecule has 0 radical (unpaired) electrons. The van der Waals surface area contributed by atoms with Crippen molar-refractivity contribution in [2.75, 3.05) is 41.0 Å². The lowest BCUT2D eigenvalue weighted by atomic mass is 10.0. The second-order valence-electron chi connectivity index (χ2n) is 16.3. The van der Waals surface area contributed by atoms with Crippen LogP contribution in [0.1, 0.15) is 213 Å². The molecule has 8 nitrogen and oxygen atoms in total. The molecule has 0 aliphatic rings. The number of hydrogen-bond donors (Lipinski definition) is 1. The lowest BCUT2D eigenvalue weighted by Crippen LogP contribution is -2.50. The largest absolute Gasteiger partial charge is 0.477 e. The van der Waals surface area contributed by atoms with E-state index in [0.29, 0.717) is 19.3 Å². The molecule has 0 amide bonds. The molecular weight excluding hydrogens is 654 g/mol. The number of carbonyl (C=O) groups excluding carboxylic acids is 2. The summed E-state index contributed by atoms with van der Waals surface area (Å²) in [7, 11) is 5.54. The van der Waals surface area contributed by atoms with Crippen molar-refractivity contribution in [3.8, 4) is 0 Å². The van der Waals surface area contributed by atoms with Crippen molar-refractivity contribution in [2.24, 2.45) is 0 Å². The first-order valence-electron chi connectivity index (χ1n) is 22.1. The van der Waals surface area contributed by atoms with Crippen molar-refractivity contribution in [3.63, 3.8) is 0 Å². The standard InChI is InChI=1S/C44H85NO7/c1-6-8-10-12-14-16-18-20-21-23-25-27-29-31-33-35-43(47)52-40(38-50-37-36-41(44(48)49)45(3,4)5)39-51-42(46)34-32-30-28-26-24-22-19-17-15-13-11-9-7-2/h40-41H,6-39H2,1-5H3/p+1.